The van der Waals surface area contributed by atoms with Crippen molar-refractivity contribution >= 4 is 17.0 Å². The van der Waals surface area contributed by atoms with Crippen molar-refractivity contribution in [3.8, 4) is 0 Å². The van der Waals surface area contributed by atoms with Crippen molar-refractivity contribution in [3.63, 3.8) is 0 Å². The van der Waals surface area contributed by atoms with Gasteiger partial charge in [0.05, 0.1) is 11.0 Å². The third kappa shape index (κ3) is 1.94. The zero-order valence-corrected chi connectivity index (χ0v) is 9.91. The highest BCUT2D eigenvalue weighted by Crippen LogP contribution is 2.37. The number of imidazole rings is 1. The van der Waals surface area contributed by atoms with Crippen LogP contribution in [0.15, 0.2) is 18.2 Å². The number of fused-ring (bicyclic) bond motifs is 3. The van der Waals surface area contributed by atoms with Gasteiger partial charge in [0.1, 0.15) is 0 Å². The van der Waals surface area contributed by atoms with E-state index in [1.165, 1.54) is 12.1 Å². The molecular formula is C12H12F3N3O. The normalized spacial score (nSPS) is 17.1. The maximum atomic E-state index is 12.7. The van der Waals surface area contributed by atoms with E-state index in [-0.39, 0.29) is 5.56 Å². The Kier molecular flexibility index (Phi) is 2.67. The van der Waals surface area contributed by atoms with Gasteiger partial charge in [0, 0.05) is 18.7 Å². The first-order chi connectivity index (χ1) is 8.98. The first kappa shape index (κ1) is 12.3. The summed E-state index contributed by atoms with van der Waals surface area (Å²) in [6, 6.07) is 4.42. The number of hydrogen-bond acceptors (Lipinski definition) is 3. The van der Waals surface area contributed by atoms with E-state index in [4.69, 9.17) is 0 Å². The summed E-state index contributed by atoms with van der Waals surface area (Å²) < 4.78 is 39.8. The summed E-state index contributed by atoms with van der Waals surface area (Å²) in [5.41, 5.74) is 0.673. The molecule has 4 nitrogen and oxygen atoms in total. The molecule has 0 bridgehead atoms. The van der Waals surface area contributed by atoms with Crippen LogP contribution >= 0.6 is 0 Å². The van der Waals surface area contributed by atoms with Crippen molar-refractivity contribution in [2.45, 2.75) is 25.2 Å². The predicted octanol–water partition coefficient (Wildman–Crippen LogP) is 2.45. The van der Waals surface area contributed by atoms with Gasteiger partial charge in [-0.2, -0.15) is 13.2 Å². The van der Waals surface area contributed by atoms with Crippen molar-refractivity contribution in [1.82, 2.24) is 9.55 Å². The smallest absolute Gasteiger partial charge is 0.379 e. The van der Waals surface area contributed by atoms with Crippen LogP contribution < -0.4 is 5.32 Å². The summed E-state index contributed by atoms with van der Waals surface area (Å²) >= 11 is 0. The maximum absolute atomic E-state index is 12.7. The number of para-hydroxylation sites is 1. The number of benzene rings is 1. The number of alkyl halides is 3. The molecular weight excluding hydrogens is 259 g/mol. The molecule has 0 saturated carbocycles. The predicted molar refractivity (Wildman–Crippen MR) is 63.9 cm³/mol. The van der Waals surface area contributed by atoms with Crippen molar-refractivity contribution in [3.05, 3.63) is 23.8 Å². The number of anilines is 1. The van der Waals surface area contributed by atoms with Crippen LogP contribution in [0.1, 0.15) is 18.1 Å². The molecule has 1 aromatic carbocycles. The Hall–Kier alpha value is -1.76. The lowest BCUT2D eigenvalue weighted by atomic mass is 10.1. The highest BCUT2D eigenvalue weighted by atomic mass is 19.4. The zero-order valence-electron chi connectivity index (χ0n) is 9.91. The van der Waals surface area contributed by atoms with E-state index in [0.717, 1.165) is 13.0 Å². The molecule has 102 valence electrons. The molecule has 0 radical (unpaired) electrons. The SMILES string of the molecule is OC(c1cccc2nc3n(c12)CCCN3)C(F)(F)F. The second-order valence-corrected chi connectivity index (χ2v) is 4.53. The number of halogens is 3. The van der Waals surface area contributed by atoms with Crippen LogP contribution in [-0.4, -0.2) is 27.4 Å². The second kappa shape index (κ2) is 4.12. The van der Waals surface area contributed by atoms with E-state index in [9.17, 15) is 18.3 Å². The van der Waals surface area contributed by atoms with Crippen LogP contribution in [0.4, 0.5) is 19.1 Å². The van der Waals surface area contributed by atoms with Gasteiger partial charge in [-0.1, -0.05) is 12.1 Å². The number of nitrogens with zero attached hydrogens (tertiary/aromatic N) is 2. The Balaban J connectivity index is 2.22. The average molecular weight is 271 g/mol. The molecule has 1 aromatic heterocycles. The fraction of sp³-hybridized carbons (Fsp3) is 0.417. The van der Waals surface area contributed by atoms with Gasteiger partial charge in [0.2, 0.25) is 5.95 Å². The fourth-order valence-electron chi connectivity index (χ4n) is 2.40. The highest BCUT2D eigenvalue weighted by molar-refractivity contribution is 5.82. The molecule has 0 amide bonds. The van der Waals surface area contributed by atoms with Crippen molar-refractivity contribution < 1.29 is 18.3 Å². The molecule has 1 aliphatic heterocycles. The minimum atomic E-state index is -4.68. The maximum Gasteiger partial charge on any atom is 0.418 e. The van der Waals surface area contributed by atoms with Gasteiger partial charge in [-0.05, 0) is 12.5 Å². The molecule has 19 heavy (non-hydrogen) atoms. The second-order valence-electron chi connectivity index (χ2n) is 4.53. The Morgan fingerprint density at radius 3 is 2.89 bits per heavy atom. The molecule has 1 aliphatic rings. The molecule has 1 atom stereocenters. The van der Waals surface area contributed by atoms with Crippen LogP contribution in [0, 0.1) is 0 Å². The summed E-state index contributed by atoms with van der Waals surface area (Å²) in [7, 11) is 0. The molecule has 0 saturated heterocycles. The third-order valence-electron chi connectivity index (χ3n) is 3.24. The van der Waals surface area contributed by atoms with Crippen molar-refractivity contribution in [2.24, 2.45) is 0 Å². The standard InChI is InChI=1S/C12H12F3N3O/c13-12(14,15)10(19)7-3-1-4-8-9(7)18-6-2-5-16-11(18)17-8/h1,3-4,10,19H,2,5-6H2,(H,16,17). The highest BCUT2D eigenvalue weighted by Gasteiger charge is 2.41. The van der Waals surface area contributed by atoms with E-state index in [1.807, 2.05) is 0 Å². The van der Waals surface area contributed by atoms with Gasteiger partial charge in [-0.15, -0.1) is 0 Å². The van der Waals surface area contributed by atoms with Crippen LogP contribution in [0.2, 0.25) is 0 Å². The summed E-state index contributed by atoms with van der Waals surface area (Å²) in [5, 5.41) is 12.5. The average Bonchev–Trinajstić information content (AvgIpc) is 2.75. The zero-order chi connectivity index (χ0) is 13.6. The Labute approximate surface area is 106 Å². The summed E-state index contributed by atoms with van der Waals surface area (Å²) in [4.78, 5) is 4.25. The van der Waals surface area contributed by atoms with Crippen LogP contribution in [0.3, 0.4) is 0 Å². The minimum Gasteiger partial charge on any atom is -0.379 e. The lowest BCUT2D eigenvalue weighted by Crippen LogP contribution is -2.22. The number of aliphatic hydroxyl groups excluding tert-OH is 1. The summed E-state index contributed by atoms with van der Waals surface area (Å²) in [6.07, 6.45) is -6.35. The summed E-state index contributed by atoms with van der Waals surface area (Å²) in [5.74, 6) is 0.558. The van der Waals surface area contributed by atoms with E-state index in [0.29, 0.717) is 23.5 Å². The van der Waals surface area contributed by atoms with Crippen molar-refractivity contribution in [2.75, 3.05) is 11.9 Å². The number of hydrogen-bond donors (Lipinski definition) is 2. The Morgan fingerprint density at radius 2 is 2.16 bits per heavy atom. The first-order valence-corrected chi connectivity index (χ1v) is 5.96. The van der Waals surface area contributed by atoms with Gasteiger partial charge in [-0.3, -0.25) is 0 Å². The van der Waals surface area contributed by atoms with E-state index >= 15 is 0 Å². The van der Waals surface area contributed by atoms with Gasteiger partial charge < -0.3 is 15.0 Å². The monoisotopic (exact) mass is 271 g/mol. The first-order valence-electron chi connectivity index (χ1n) is 5.96. The van der Waals surface area contributed by atoms with Crippen molar-refractivity contribution in [1.29, 1.82) is 0 Å². The molecule has 2 heterocycles. The van der Waals surface area contributed by atoms with Gasteiger partial charge in [0.15, 0.2) is 6.10 Å². The van der Waals surface area contributed by atoms with Crippen LogP contribution in [-0.2, 0) is 6.54 Å². The Bertz CT molecular complexity index is 620. The lowest BCUT2D eigenvalue weighted by Gasteiger charge is -2.19. The molecule has 2 N–H and O–H groups in total. The molecule has 1 unspecified atom stereocenters. The van der Waals surface area contributed by atoms with E-state index < -0.39 is 12.3 Å². The third-order valence-corrected chi connectivity index (χ3v) is 3.24. The van der Waals surface area contributed by atoms with Gasteiger partial charge >= 0.3 is 6.18 Å². The number of aryl methyl sites for hydroxylation is 1. The van der Waals surface area contributed by atoms with E-state index in [2.05, 4.69) is 10.3 Å². The van der Waals surface area contributed by atoms with Crippen LogP contribution in [0.5, 0.6) is 0 Å². The number of rotatable bonds is 1. The molecule has 7 heteroatoms. The number of aromatic nitrogens is 2. The molecule has 0 aliphatic carbocycles. The number of nitrogens with one attached hydrogen (secondary N) is 1. The molecule has 3 rings (SSSR count). The van der Waals surface area contributed by atoms with Crippen LogP contribution in [0.25, 0.3) is 11.0 Å². The quantitative estimate of drug-likeness (QED) is 0.837. The minimum absolute atomic E-state index is 0.146. The number of aliphatic hydroxyl groups is 1. The van der Waals surface area contributed by atoms with E-state index in [1.54, 1.807) is 10.6 Å². The summed E-state index contributed by atoms with van der Waals surface area (Å²) in [6.45, 7) is 1.35. The van der Waals surface area contributed by atoms with Gasteiger partial charge in [-0.25, -0.2) is 4.98 Å². The fourth-order valence-corrected chi connectivity index (χ4v) is 2.40. The lowest BCUT2D eigenvalue weighted by molar-refractivity contribution is -0.206. The Morgan fingerprint density at radius 1 is 1.37 bits per heavy atom. The topological polar surface area (TPSA) is 50.1 Å². The molecule has 0 fully saturated rings. The largest absolute Gasteiger partial charge is 0.418 e. The molecule has 2 aromatic rings. The molecule has 0 spiro atoms. The van der Waals surface area contributed by atoms with Gasteiger partial charge in [0.25, 0.3) is 0 Å².